The molecule has 1 aromatic carbocycles. The Balaban J connectivity index is 1.77. The predicted octanol–water partition coefficient (Wildman–Crippen LogP) is 3.99. The van der Waals surface area contributed by atoms with Crippen molar-refractivity contribution in [2.24, 2.45) is 0 Å². The number of nitrogens with one attached hydrogen (secondary N) is 3. The monoisotopic (exact) mass is 476 g/mol. The van der Waals surface area contributed by atoms with Crippen LogP contribution < -0.4 is 16.0 Å². The van der Waals surface area contributed by atoms with Crippen LogP contribution in [-0.4, -0.2) is 52.0 Å². The summed E-state index contributed by atoms with van der Waals surface area (Å²) in [5, 5.41) is 26.8. The minimum Gasteiger partial charge on any atom is -0.465 e. The average Bonchev–Trinajstić information content (AvgIpc) is 3.23. The number of aliphatic hydroxyl groups is 1. The van der Waals surface area contributed by atoms with E-state index in [1.54, 1.807) is 38.2 Å². The first kappa shape index (κ1) is 24.5. The predicted molar refractivity (Wildman–Crippen MR) is 125 cm³/mol. The highest BCUT2D eigenvalue weighted by Crippen LogP contribution is 2.40. The summed E-state index contributed by atoms with van der Waals surface area (Å²) in [5.74, 6) is -0.329. The number of aromatic nitrogens is 1. The number of carbonyl (C=O) groups is 3. The van der Waals surface area contributed by atoms with E-state index >= 15 is 0 Å². The molecular formula is C22H28N4O6S. The second-order valence-corrected chi connectivity index (χ2v) is 9.17. The summed E-state index contributed by atoms with van der Waals surface area (Å²) in [7, 11) is 0. The lowest BCUT2D eigenvalue weighted by Crippen LogP contribution is -2.36. The molecule has 1 saturated carbocycles. The smallest absolute Gasteiger partial charge is 0.411 e. The molecular weight excluding hydrogens is 448 g/mol. The van der Waals surface area contributed by atoms with Gasteiger partial charge in [-0.3, -0.25) is 10.1 Å². The largest absolute Gasteiger partial charge is 0.465 e. The SMILES string of the molecule is CC(C)OC(=O)Nc1ccc(-c2cnc(C3CCC(NC(=O)O)CC3)s2)c(NC(=O)CO)c1. The fourth-order valence-electron chi connectivity index (χ4n) is 3.75. The number of amides is 3. The van der Waals surface area contributed by atoms with Gasteiger partial charge >= 0.3 is 12.2 Å². The van der Waals surface area contributed by atoms with Crippen LogP contribution in [0.3, 0.4) is 0 Å². The van der Waals surface area contributed by atoms with Crippen molar-refractivity contribution in [1.82, 2.24) is 10.3 Å². The van der Waals surface area contributed by atoms with Crippen LogP contribution in [0.4, 0.5) is 21.0 Å². The fourth-order valence-corrected chi connectivity index (χ4v) is 4.88. The number of anilines is 2. The number of carboxylic acid groups (broad SMARTS) is 1. The summed E-state index contributed by atoms with van der Waals surface area (Å²) in [4.78, 5) is 40.0. The van der Waals surface area contributed by atoms with Crippen LogP contribution in [0.2, 0.25) is 0 Å². The van der Waals surface area contributed by atoms with Crippen LogP contribution >= 0.6 is 11.3 Å². The van der Waals surface area contributed by atoms with E-state index in [4.69, 9.17) is 14.9 Å². The van der Waals surface area contributed by atoms with Crippen molar-refractivity contribution in [3.05, 3.63) is 29.4 Å². The molecule has 0 bridgehead atoms. The highest BCUT2D eigenvalue weighted by atomic mass is 32.1. The molecule has 1 aromatic heterocycles. The molecule has 2 aromatic rings. The van der Waals surface area contributed by atoms with Gasteiger partial charge in [0.15, 0.2) is 0 Å². The molecule has 11 heteroatoms. The van der Waals surface area contributed by atoms with Crippen molar-refractivity contribution in [1.29, 1.82) is 0 Å². The van der Waals surface area contributed by atoms with Gasteiger partial charge in [0.1, 0.15) is 6.61 Å². The quantitative estimate of drug-likeness (QED) is 0.405. The van der Waals surface area contributed by atoms with Gasteiger partial charge in [0, 0.05) is 29.4 Å². The Morgan fingerprint density at radius 1 is 1.18 bits per heavy atom. The summed E-state index contributed by atoms with van der Waals surface area (Å²) in [6.45, 7) is 2.81. The lowest BCUT2D eigenvalue weighted by atomic mass is 9.86. The molecule has 0 unspecified atom stereocenters. The molecule has 0 radical (unpaired) electrons. The molecule has 3 amide bonds. The topological polar surface area (TPSA) is 150 Å². The zero-order chi connectivity index (χ0) is 24.0. The van der Waals surface area contributed by atoms with Gasteiger partial charge in [-0.15, -0.1) is 11.3 Å². The maximum absolute atomic E-state index is 11.9. The van der Waals surface area contributed by atoms with E-state index in [1.807, 2.05) is 0 Å². The number of carbonyl (C=O) groups excluding carboxylic acids is 2. The van der Waals surface area contributed by atoms with Crippen molar-refractivity contribution in [3.8, 4) is 10.4 Å². The first-order chi connectivity index (χ1) is 15.7. The Hall–Kier alpha value is -3.18. The third-order valence-corrected chi connectivity index (χ3v) is 6.41. The third-order valence-electron chi connectivity index (χ3n) is 5.22. The zero-order valence-electron chi connectivity index (χ0n) is 18.5. The van der Waals surface area contributed by atoms with E-state index in [2.05, 4.69) is 20.9 Å². The third kappa shape index (κ3) is 6.90. The van der Waals surface area contributed by atoms with Crippen LogP contribution in [0.15, 0.2) is 24.4 Å². The molecule has 10 nitrogen and oxygen atoms in total. The molecule has 0 spiro atoms. The van der Waals surface area contributed by atoms with Crippen molar-refractivity contribution in [3.63, 3.8) is 0 Å². The van der Waals surface area contributed by atoms with Crippen molar-refractivity contribution < 1.29 is 29.3 Å². The second kappa shape index (κ2) is 11.1. The van der Waals surface area contributed by atoms with E-state index in [0.717, 1.165) is 35.6 Å². The molecule has 1 heterocycles. The molecule has 1 fully saturated rings. The van der Waals surface area contributed by atoms with Gasteiger partial charge in [0.05, 0.1) is 21.7 Å². The molecule has 5 N–H and O–H groups in total. The van der Waals surface area contributed by atoms with Gasteiger partial charge in [-0.05, 0) is 57.7 Å². The minimum atomic E-state index is -0.997. The highest BCUT2D eigenvalue weighted by molar-refractivity contribution is 7.15. The number of hydrogen-bond donors (Lipinski definition) is 5. The lowest BCUT2D eigenvalue weighted by Gasteiger charge is -2.27. The summed E-state index contributed by atoms with van der Waals surface area (Å²) in [5.41, 5.74) is 1.58. The maximum Gasteiger partial charge on any atom is 0.411 e. The van der Waals surface area contributed by atoms with Gasteiger partial charge < -0.3 is 25.6 Å². The number of benzene rings is 1. The number of rotatable bonds is 7. The van der Waals surface area contributed by atoms with Gasteiger partial charge in [-0.1, -0.05) is 0 Å². The van der Waals surface area contributed by atoms with Crippen LogP contribution in [0.1, 0.15) is 50.5 Å². The van der Waals surface area contributed by atoms with Gasteiger partial charge in [-0.25, -0.2) is 14.6 Å². The van der Waals surface area contributed by atoms with Crippen LogP contribution in [0.25, 0.3) is 10.4 Å². The van der Waals surface area contributed by atoms with Gasteiger partial charge in [0.2, 0.25) is 5.91 Å². The van der Waals surface area contributed by atoms with Crippen molar-refractivity contribution >= 4 is 40.8 Å². The highest BCUT2D eigenvalue weighted by Gasteiger charge is 2.26. The Bertz CT molecular complexity index is 1000. The molecule has 1 aliphatic carbocycles. The molecule has 0 aliphatic heterocycles. The summed E-state index contributed by atoms with van der Waals surface area (Å²) < 4.78 is 5.09. The summed E-state index contributed by atoms with van der Waals surface area (Å²) >= 11 is 1.51. The molecule has 178 valence electrons. The Morgan fingerprint density at radius 2 is 1.91 bits per heavy atom. The number of nitrogens with zero attached hydrogens (tertiary/aromatic N) is 1. The van der Waals surface area contributed by atoms with Crippen LogP contribution in [0.5, 0.6) is 0 Å². The average molecular weight is 477 g/mol. The Kier molecular flexibility index (Phi) is 8.23. The first-order valence-electron chi connectivity index (χ1n) is 10.7. The lowest BCUT2D eigenvalue weighted by molar-refractivity contribution is -0.118. The van der Waals surface area contributed by atoms with E-state index in [-0.39, 0.29) is 18.1 Å². The minimum absolute atomic E-state index is 0.0269. The standard InChI is InChI=1S/C22H28N4O6S/c1-12(2)32-22(31)25-15-7-8-16(17(9-15)26-19(28)11-27)18-10-23-20(33-18)13-3-5-14(6-4-13)24-21(29)30/h7-10,12-14,24,27H,3-6,11H2,1-2H3,(H,25,31)(H,26,28)(H,29,30). The van der Waals surface area contributed by atoms with E-state index < -0.39 is 24.7 Å². The molecule has 33 heavy (non-hydrogen) atoms. The van der Waals surface area contributed by atoms with Crippen LogP contribution in [-0.2, 0) is 9.53 Å². The van der Waals surface area contributed by atoms with Gasteiger partial charge in [-0.2, -0.15) is 0 Å². The molecule has 0 saturated heterocycles. The van der Waals surface area contributed by atoms with Gasteiger partial charge in [0.25, 0.3) is 0 Å². The second-order valence-electron chi connectivity index (χ2n) is 8.11. The van der Waals surface area contributed by atoms with E-state index in [1.165, 1.54) is 11.3 Å². The number of aliphatic hydroxyl groups excluding tert-OH is 1. The molecule has 3 rings (SSSR count). The normalized spacial score (nSPS) is 17.9. The van der Waals surface area contributed by atoms with Crippen molar-refractivity contribution in [2.45, 2.75) is 57.6 Å². The van der Waals surface area contributed by atoms with Crippen LogP contribution in [0, 0.1) is 0 Å². The first-order valence-corrected chi connectivity index (χ1v) is 11.5. The Labute approximate surface area is 195 Å². The number of thiazole rings is 1. The number of hydrogen-bond acceptors (Lipinski definition) is 7. The summed E-state index contributed by atoms with van der Waals surface area (Å²) in [6.07, 6.45) is 3.06. The fraction of sp³-hybridized carbons (Fsp3) is 0.455. The zero-order valence-corrected chi connectivity index (χ0v) is 19.3. The van der Waals surface area contributed by atoms with Crippen molar-refractivity contribution in [2.75, 3.05) is 17.2 Å². The van der Waals surface area contributed by atoms with E-state index in [0.29, 0.717) is 16.9 Å². The number of ether oxygens (including phenoxy) is 1. The Morgan fingerprint density at radius 3 is 2.55 bits per heavy atom. The maximum atomic E-state index is 11.9. The summed E-state index contributed by atoms with van der Waals surface area (Å²) in [6, 6.07) is 5.05. The molecule has 1 aliphatic rings. The molecule has 0 atom stereocenters. The van der Waals surface area contributed by atoms with E-state index in [9.17, 15) is 14.4 Å².